The van der Waals surface area contributed by atoms with Crippen LogP contribution in [0.1, 0.15) is 15.9 Å². The molecule has 1 aromatic carbocycles. The van der Waals surface area contributed by atoms with Gasteiger partial charge in [0.15, 0.2) is 0 Å². The van der Waals surface area contributed by atoms with Crippen molar-refractivity contribution < 1.29 is 14.3 Å². The number of furan rings is 1. The van der Waals surface area contributed by atoms with Crippen molar-refractivity contribution in [1.29, 1.82) is 0 Å². The van der Waals surface area contributed by atoms with E-state index in [1.54, 1.807) is 24.7 Å². The van der Waals surface area contributed by atoms with Crippen LogP contribution in [0, 0.1) is 0 Å². The third kappa shape index (κ3) is 2.45. The Morgan fingerprint density at radius 2 is 2.22 bits per heavy atom. The van der Waals surface area contributed by atoms with E-state index in [0.29, 0.717) is 17.9 Å². The lowest BCUT2D eigenvalue weighted by Crippen LogP contribution is -2.18. The highest BCUT2D eigenvalue weighted by atomic mass is 16.4. The Bertz CT molecular complexity index is 549. The molecule has 1 aromatic heterocycles. The fraction of sp³-hybridized carbons (Fsp3) is 0.154. The van der Waals surface area contributed by atoms with E-state index in [-0.39, 0.29) is 5.56 Å². The summed E-state index contributed by atoms with van der Waals surface area (Å²) in [6.07, 6.45) is 3.24. The van der Waals surface area contributed by atoms with Gasteiger partial charge >= 0.3 is 5.97 Å². The van der Waals surface area contributed by atoms with Gasteiger partial charge in [-0.05, 0) is 24.3 Å². The normalized spacial score (nSPS) is 10.3. The lowest BCUT2D eigenvalue weighted by atomic mass is 10.1. The summed E-state index contributed by atoms with van der Waals surface area (Å²) in [5.74, 6) is -0.965. The molecule has 0 amide bonds. The summed E-state index contributed by atoms with van der Waals surface area (Å²) in [6, 6.07) is 6.52. The topological polar surface area (TPSA) is 79.7 Å². The molecule has 0 fully saturated rings. The second kappa shape index (κ2) is 4.83. The number of rotatable bonds is 4. The number of hydrogen-bond acceptors (Lipinski definition) is 4. The molecule has 5 nitrogen and oxygen atoms in total. The largest absolute Gasteiger partial charge is 0.478 e. The Labute approximate surface area is 104 Å². The average molecular weight is 246 g/mol. The second-order valence-corrected chi connectivity index (χ2v) is 4.07. The summed E-state index contributed by atoms with van der Waals surface area (Å²) < 4.78 is 4.99. The van der Waals surface area contributed by atoms with Crippen LogP contribution in [-0.4, -0.2) is 18.1 Å². The minimum Gasteiger partial charge on any atom is -0.478 e. The van der Waals surface area contributed by atoms with Crippen LogP contribution in [0.25, 0.3) is 0 Å². The fourth-order valence-corrected chi connectivity index (χ4v) is 1.75. The number of carbonyl (C=O) groups is 1. The van der Waals surface area contributed by atoms with E-state index in [9.17, 15) is 4.79 Å². The number of benzene rings is 1. The van der Waals surface area contributed by atoms with Gasteiger partial charge in [0, 0.05) is 19.2 Å². The van der Waals surface area contributed by atoms with Crippen LogP contribution < -0.4 is 10.6 Å². The number of nitrogens with zero attached hydrogens (tertiary/aromatic N) is 1. The molecule has 0 unspecified atom stereocenters. The van der Waals surface area contributed by atoms with Gasteiger partial charge in [-0.15, -0.1) is 0 Å². The van der Waals surface area contributed by atoms with Gasteiger partial charge < -0.3 is 20.2 Å². The van der Waals surface area contributed by atoms with Crippen molar-refractivity contribution in [3.8, 4) is 0 Å². The van der Waals surface area contributed by atoms with Crippen LogP contribution in [0.3, 0.4) is 0 Å². The Hall–Kier alpha value is -2.43. The zero-order chi connectivity index (χ0) is 13.1. The van der Waals surface area contributed by atoms with Crippen molar-refractivity contribution in [3.63, 3.8) is 0 Å². The maximum Gasteiger partial charge on any atom is 0.335 e. The molecule has 2 aromatic rings. The molecule has 0 bridgehead atoms. The van der Waals surface area contributed by atoms with E-state index in [1.165, 1.54) is 6.07 Å². The van der Waals surface area contributed by atoms with Crippen molar-refractivity contribution in [3.05, 3.63) is 47.9 Å². The minimum absolute atomic E-state index is 0.221. The van der Waals surface area contributed by atoms with Gasteiger partial charge in [0.2, 0.25) is 0 Å². The predicted octanol–water partition coefficient (Wildman–Crippen LogP) is 2.20. The van der Waals surface area contributed by atoms with Crippen LogP contribution in [0.2, 0.25) is 0 Å². The average Bonchev–Trinajstić information content (AvgIpc) is 2.81. The Kier molecular flexibility index (Phi) is 3.23. The molecule has 0 aliphatic rings. The summed E-state index contributed by atoms with van der Waals surface area (Å²) in [5, 5.41) is 8.96. The number of anilines is 2. The summed E-state index contributed by atoms with van der Waals surface area (Å²) in [7, 11) is 1.85. The fourth-order valence-electron chi connectivity index (χ4n) is 1.75. The highest BCUT2D eigenvalue weighted by molar-refractivity contribution is 5.90. The standard InChI is InChI=1S/C13H14N2O3/c1-15(7-9-4-5-18-8-9)12-6-10(13(16)17)2-3-11(12)14/h2-6,8H,7,14H2,1H3,(H,16,17). The summed E-state index contributed by atoms with van der Waals surface area (Å²) >= 11 is 0. The number of carboxylic acid groups (broad SMARTS) is 1. The Morgan fingerprint density at radius 1 is 1.44 bits per heavy atom. The number of hydrogen-bond donors (Lipinski definition) is 2. The van der Waals surface area contributed by atoms with Crippen LogP contribution in [0.4, 0.5) is 11.4 Å². The molecule has 0 saturated heterocycles. The molecule has 0 atom stereocenters. The molecule has 0 radical (unpaired) electrons. The quantitative estimate of drug-likeness (QED) is 0.808. The Morgan fingerprint density at radius 3 is 2.83 bits per heavy atom. The van der Waals surface area contributed by atoms with Crippen molar-refractivity contribution in [1.82, 2.24) is 0 Å². The van der Waals surface area contributed by atoms with Crippen molar-refractivity contribution in [2.45, 2.75) is 6.54 Å². The van der Waals surface area contributed by atoms with E-state index in [1.807, 2.05) is 18.0 Å². The van der Waals surface area contributed by atoms with E-state index in [0.717, 1.165) is 5.56 Å². The lowest BCUT2D eigenvalue weighted by Gasteiger charge is -2.20. The van der Waals surface area contributed by atoms with Crippen molar-refractivity contribution in [2.75, 3.05) is 17.7 Å². The van der Waals surface area contributed by atoms with Gasteiger partial charge in [0.05, 0.1) is 29.5 Å². The second-order valence-electron chi connectivity index (χ2n) is 4.07. The first-order valence-electron chi connectivity index (χ1n) is 5.43. The van der Waals surface area contributed by atoms with E-state index >= 15 is 0 Å². The highest BCUT2D eigenvalue weighted by Crippen LogP contribution is 2.25. The van der Waals surface area contributed by atoms with Gasteiger partial charge in [0.25, 0.3) is 0 Å². The monoisotopic (exact) mass is 246 g/mol. The van der Waals surface area contributed by atoms with E-state index in [4.69, 9.17) is 15.3 Å². The van der Waals surface area contributed by atoms with E-state index in [2.05, 4.69) is 0 Å². The third-order valence-electron chi connectivity index (χ3n) is 2.69. The van der Waals surface area contributed by atoms with Crippen molar-refractivity contribution >= 4 is 17.3 Å². The lowest BCUT2D eigenvalue weighted by molar-refractivity contribution is 0.0697. The molecule has 0 aliphatic carbocycles. The molecule has 0 aliphatic heterocycles. The van der Waals surface area contributed by atoms with E-state index < -0.39 is 5.97 Å². The summed E-state index contributed by atoms with van der Waals surface area (Å²) in [6.45, 7) is 0.601. The number of nitrogen functional groups attached to an aromatic ring is 1. The predicted molar refractivity (Wildman–Crippen MR) is 68.6 cm³/mol. The van der Waals surface area contributed by atoms with Gasteiger partial charge in [-0.25, -0.2) is 4.79 Å². The number of aromatic carboxylic acids is 1. The van der Waals surface area contributed by atoms with Crippen LogP contribution in [0.15, 0.2) is 41.2 Å². The highest BCUT2D eigenvalue weighted by Gasteiger charge is 2.11. The van der Waals surface area contributed by atoms with Crippen molar-refractivity contribution in [2.24, 2.45) is 0 Å². The first-order chi connectivity index (χ1) is 8.58. The summed E-state index contributed by atoms with van der Waals surface area (Å²) in [5.41, 5.74) is 8.32. The number of carboxylic acids is 1. The smallest absolute Gasteiger partial charge is 0.335 e. The molecular weight excluding hydrogens is 232 g/mol. The van der Waals surface area contributed by atoms with Crippen LogP contribution in [-0.2, 0) is 6.54 Å². The maximum absolute atomic E-state index is 10.9. The molecule has 0 spiro atoms. The van der Waals surface area contributed by atoms with Gasteiger partial charge in [-0.2, -0.15) is 0 Å². The first-order valence-corrected chi connectivity index (χ1v) is 5.43. The van der Waals surface area contributed by atoms with Crippen LogP contribution in [0.5, 0.6) is 0 Å². The number of nitrogens with two attached hydrogens (primary N) is 1. The summed E-state index contributed by atoms with van der Waals surface area (Å²) in [4.78, 5) is 12.8. The zero-order valence-electron chi connectivity index (χ0n) is 9.96. The van der Waals surface area contributed by atoms with Crippen LogP contribution >= 0.6 is 0 Å². The SMILES string of the molecule is CN(Cc1ccoc1)c1cc(C(=O)O)ccc1N. The van der Waals surface area contributed by atoms with Gasteiger partial charge in [-0.3, -0.25) is 0 Å². The zero-order valence-corrected chi connectivity index (χ0v) is 9.96. The molecule has 94 valence electrons. The molecule has 1 heterocycles. The third-order valence-corrected chi connectivity index (χ3v) is 2.69. The molecule has 3 N–H and O–H groups in total. The maximum atomic E-state index is 10.9. The molecule has 0 saturated carbocycles. The van der Waals surface area contributed by atoms with Gasteiger partial charge in [0.1, 0.15) is 0 Å². The van der Waals surface area contributed by atoms with Gasteiger partial charge in [-0.1, -0.05) is 0 Å². The molecule has 18 heavy (non-hydrogen) atoms. The minimum atomic E-state index is -0.965. The molecule has 2 rings (SSSR count). The first kappa shape index (κ1) is 12.0. The Balaban J connectivity index is 2.26. The molecule has 5 heteroatoms. The molecular formula is C13H14N2O3.